The first-order chi connectivity index (χ1) is 11.3. The van der Waals surface area contributed by atoms with Crippen LogP contribution in [0, 0.1) is 0 Å². The van der Waals surface area contributed by atoms with Crippen LogP contribution in [0.4, 0.5) is 13.2 Å². The normalized spacial score (nSPS) is 13.5. The van der Waals surface area contributed by atoms with Crippen LogP contribution in [0.5, 0.6) is 5.75 Å². The average molecular weight is 385 g/mol. The quantitative estimate of drug-likeness (QED) is 0.686. The molecule has 3 N–H and O–H groups in total. The molecule has 144 valence electrons. The summed E-state index contributed by atoms with van der Waals surface area (Å²) in [5, 5.41) is 2.63. The van der Waals surface area contributed by atoms with Gasteiger partial charge in [0.2, 0.25) is 5.91 Å². The number of halogens is 4. The number of amides is 1. The number of nitrogens with two attached hydrogens (primary N) is 1. The summed E-state index contributed by atoms with van der Waals surface area (Å²) in [6.07, 6.45) is -4.93. The molecule has 0 saturated heterocycles. The van der Waals surface area contributed by atoms with Gasteiger partial charge in [-0.1, -0.05) is 19.1 Å². The van der Waals surface area contributed by atoms with Crippen molar-refractivity contribution in [1.82, 2.24) is 5.32 Å². The molecular formula is C16H24ClF3N2O3. The van der Waals surface area contributed by atoms with E-state index in [1.54, 1.807) is 6.92 Å². The van der Waals surface area contributed by atoms with Crippen molar-refractivity contribution in [2.45, 2.75) is 38.1 Å². The van der Waals surface area contributed by atoms with E-state index < -0.39 is 23.9 Å². The van der Waals surface area contributed by atoms with Crippen LogP contribution in [0.15, 0.2) is 24.3 Å². The number of ether oxygens (including phenoxy) is 2. The largest absolute Gasteiger partial charge is 0.488 e. The molecule has 0 aliphatic heterocycles. The van der Waals surface area contributed by atoms with Crippen molar-refractivity contribution in [3.8, 4) is 5.75 Å². The minimum Gasteiger partial charge on any atom is -0.488 e. The molecule has 9 heteroatoms. The Hall–Kier alpha value is -1.51. The van der Waals surface area contributed by atoms with E-state index in [4.69, 9.17) is 15.2 Å². The summed E-state index contributed by atoms with van der Waals surface area (Å²) < 4.78 is 49.3. The lowest BCUT2D eigenvalue weighted by Crippen LogP contribution is -2.38. The lowest BCUT2D eigenvalue weighted by atomic mass is 10.2. The third kappa shape index (κ3) is 7.94. The van der Waals surface area contributed by atoms with Gasteiger partial charge in [-0.05, 0) is 18.6 Å². The Kier molecular flexibility index (Phi) is 10.5. The van der Waals surface area contributed by atoms with Crippen molar-refractivity contribution in [2.24, 2.45) is 5.73 Å². The smallest absolute Gasteiger partial charge is 0.419 e. The molecule has 0 fully saturated rings. The zero-order chi connectivity index (χ0) is 18.2. The minimum atomic E-state index is -4.50. The molecule has 1 rings (SSSR count). The number of carbonyl (C=O) groups excluding carboxylic acids is 1. The highest BCUT2D eigenvalue weighted by molar-refractivity contribution is 5.85. The van der Waals surface area contributed by atoms with Crippen LogP contribution < -0.4 is 15.8 Å². The number of nitrogens with one attached hydrogen (secondary N) is 1. The number of para-hydroxylation sites is 1. The van der Waals surface area contributed by atoms with Crippen LogP contribution in [0.1, 0.15) is 25.3 Å². The van der Waals surface area contributed by atoms with Gasteiger partial charge >= 0.3 is 6.18 Å². The Labute approximate surface area is 151 Å². The molecule has 0 aromatic heterocycles. The van der Waals surface area contributed by atoms with E-state index in [1.807, 2.05) is 0 Å². The Morgan fingerprint density at radius 3 is 2.44 bits per heavy atom. The van der Waals surface area contributed by atoms with E-state index in [-0.39, 0.29) is 43.6 Å². The van der Waals surface area contributed by atoms with Gasteiger partial charge in [0.25, 0.3) is 0 Å². The van der Waals surface area contributed by atoms with Gasteiger partial charge in [-0.15, -0.1) is 12.4 Å². The van der Waals surface area contributed by atoms with Gasteiger partial charge in [0.1, 0.15) is 11.9 Å². The van der Waals surface area contributed by atoms with E-state index >= 15 is 0 Å². The summed E-state index contributed by atoms with van der Waals surface area (Å²) in [7, 11) is 1.46. The second kappa shape index (κ2) is 11.2. The van der Waals surface area contributed by atoms with Crippen LogP contribution in [0.3, 0.4) is 0 Å². The van der Waals surface area contributed by atoms with E-state index in [0.29, 0.717) is 6.42 Å². The van der Waals surface area contributed by atoms with Gasteiger partial charge in [-0.2, -0.15) is 13.2 Å². The molecule has 1 amide bonds. The summed E-state index contributed by atoms with van der Waals surface area (Å²) in [6.45, 7) is 2.07. The van der Waals surface area contributed by atoms with E-state index in [2.05, 4.69) is 5.32 Å². The topological polar surface area (TPSA) is 73.6 Å². The molecule has 0 aliphatic carbocycles. The molecule has 0 radical (unpaired) electrons. The van der Waals surface area contributed by atoms with Crippen molar-refractivity contribution in [2.75, 3.05) is 20.2 Å². The van der Waals surface area contributed by atoms with Gasteiger partial charge in [-0.25, -0.2) is 0 Å². The fourth-order valence-electron chi connectivity index (χ4n) is 2.02. The zero-order valence-electron chi connectivity index (χ0n) is 14.1. The second-order valence-corrected chi connectivity index (χ2v) is 5.24. The predicted octanol–water partition coefficient (Wildman–Crippen LogP) is 2.76. The molecular weight excluding hydrogens is 361 g/mol. The van der Waals surface area contributed by atoms with E-state index in [0.717, 1.165) is 6.07 Å². The molecule has 1 aromatic rings. The Morgan fingerprint density at radius 2 is 1.92 bits per heavy atom. The summed E-state index contributed by atoms with van der Waals surface area (Å²) >= 11 is 0. The number of hydrogen-bond donors (Lipinski definition) is 2. The molecule has 2 atom stereocenters. The zero-order valence-corrected chi connectivity index (χ0v) is 15.0. The number of rotatable bonds is 9. The minimum absolute atomic E-state index is 0. The third-order valence-corrected chi connectivity index (χ3v) is 3.48. The summed E-state index contributed by atoms with van der Waals surface area (Å²) in [4.78, 5) is 11.8. The van der Waals surface area contributed by atoms with Gasteiger partial charge in [0.05, 0.1) is 24.6 Å². The molecule has 2 unspecified atom stereocenters. The van der Waals surface area contributed by atoms with Gasteiger partial charge in [-0.3, -0.25) is 4.79 Å². The van der Waals surface area contributed by atoms with Gasteiger partial charge < -0.3 is 20.5 Å². The predicted molar refractivity (Wildman–Crippen MR) is 90.9 cm³/mol. The highest BCUT2D eigenvalue weighted by Crippen LogP contribution is 2.36. The fraction of sp³-hybridized carbons (Fsp3) is 0.562. The molecule has 0 heterocycles. The van der Waals surface area contributed by atoms with Crippen LogP contribution in [-0.2, 0) is 15.7 Å². The Balaban J connectivity index is 0.00000576. The molecule has 0 aliphatic rings. The number of methoxy groups -OCH3 is 1. The van der Waals surface area contributed by atoms with E-state index in [1.165, 1.54) is 25.3 Å². The SMILES string of the molecule is CCC(CNC(=O)CC(CN)OC)Oc1ccccc1C(F)(F)F.Cl. The standard InChI is InChI=1S/C16H23F3N2O3.ClH/c1-3-11(10-21-15(22)8-12(9-20)23-2)24-14-7-5-4-6-13(14)16(17,18)19;/h4-7,11-12H,3,8-10,20H2,1-2H3,(H,21,22);1H. The first-order valence-corrected chi connectivity index (χ1v) is 7.64. The summed E-state index contributed by atoms with van der Waals surface area (Å²) in [5.41, 5.74) is 4.60. The first-order valence-electron chi connectivity index (χ1n) is 7.64. The van der Waals surface area contributed by atoms with Crippen molar-refractivity contribution in [3.63, 3.8) is 0 Å². The molecule has 1 aromatic carbocycles. The summed E-state index contributed by atoms with van der Waals surface area (Å²) in [6, 6.07) is 5.00. The molecule has 0 spiro atoms. The number of carbonyl (C=O) groups is 1. The maximum atomic E-state index is 13.0. The van der Waals surface area contributed by atoms with Crippen molar-refractivity contribution < 1.29 is 27.4 Å². The van der Waals surface area contributed by atoms with Crippen LogP contribution in [-0.4, -0.2) is 38.3 Å². The molecule has 5 nitrogen and oxygen atoms in total. The second-order valence-electron chi connectivity index (χ2n) is 5.24. The van der Waals surface area contributed by atoms with Crippen LogP contribution >= 0.6 is 12.4 Å². The van der Waals surface area contributed by atoms with E-state index in [9.17, 15) is 18.0 Å². The Morgan fingerprint density at radius 1 is 1.28 bits per heavy atom. The van der Waals surface area contributed by atoms with Crippen molar-refractivity contribution in [1.29, 1.82) is 0 Å². The molecule has 0 bridgehead atoms. The maximum Gasteiger partial charge on any atom is 0.419 e. The molecule has 0 saturated carbocycles. The van der Waals surface area contributed by atoms with Crippen molar-refractivity contribution in [3.05, 3.63) is 29.8 Å². The number of hydrogen-bond acceptors (Lipinski definition) is 4. The van der Waals surface area contributed by atoms with Crippen LogP contribution in [0.2, 0.25) is 0 Å². The maximum absolute atomic E-state index is 13.0. The number of alkyl halides is 3. The lowest BCUT2D eigenvalue weighted by Gasteiger charge is -2.21. The fourth-order valence-corrected chi connectivity index (χ4v) is 2.02. The average Bonchev–Trinajstić information content (AvgIpc) is 2.55. The molecule has 25 heavy (non-hydrogen) atoms. The van der Waals surface area contributed by atoms with Gasteiger partial charge in [0, 0.05) is 13.7 Å². The summed E-state index contributed by atoms with van der Waals surface area (Å²) in [5.74, 6) is -0.540. The monoisotopic (exact) mass is 384 g/mol. The lowest BCUT2D eigenvalue weighted by molar-refractivity contribution is -0.139. The highest BCUT2D eigenvalue weighted by atomic mass is 35.5. The first kappa shape index (κ1) is 23.5. The Bertz CT molecular complexity index is 526. The van der Waals surface area contributed by atoms with Gasteiger partial charge in [0.15, 0.2) is 0 Å². The highest BCUT2D eigenvalue weighted by Gasteiger charge is 2.34. The third-order valence-electron chi connectivity index (χ3n) is 3.48. The van der Waals surface area contributed by atoms with Crippen LogP contribution in [0.25, 0.3) is 0 Å². The van der Waals surface area contributed by atoms with Crippen molar-refractivity contribution >= 4 is 18.3 Å². The number of benzene rings is 1.